The van der Waals surface area contributed by atoms with Gasteiger partial charge in [-0.15, -0.1) is 0 Å². The van der Waals surface area contributed by atoms with Gasteiger partial charge in [0.25, 0.3) is 0 Å². The van der Waals surface area contributed by atoms with Gasteiger partial charge >= 0.3 is 6.18 Å². The number of alkyl halides is 3. The van der Waals surface area contributed by atoms with Crippen LogP contribution >= 0.6 is 0 Å². The van der Waals surface area contributed by atoms with Gasteiger partial charge in [-0.2, -0.15) is 13.2 Å². The maximum absolute atomic E-state index is 12.1. The van der Waals surface area contributed by atoms with E-state index in [1.165, 1.54) is 12.3 Å². The summed E-state index contributed by atoms with van der Waals surface area (Å²) >= 11 is 0. The Bertz CT molecular complexity index is 307. The van der Waals surface area contributed by atoms with Gasteiger partial charge in [-0.1, -0.05) is 13.0 Å². The Morgan fingerprint density at radius 1 is 1.40 bits per heavy atom. The van der Waals surface area contributed by atoms with Gasteiger partial charge in [0.2, 0.25) is 0 Å². The number of hydrogen-bond acceptors (Lipinski definition) is 2. The molecule has 1 rings (SSSR count). The van der Waals surface area contributed by atoms with E-state index in [9.17, 15) is 13.2 Å². The smallest absolute Gasteiger partial charge is 0.396 e. The first-order valence-corrected chi connectivity index (χ1v) is 4.56. The van der Waals surface area contributed by atoms with Gasteiger partial charge in [0, 0.05) is 12.8 Å². The number of aliphatic hydroxyl groups excluding tert-OH is 1. The van der Waals surface area contributed by atoms with Crippen LogP contribution in [0.2, 0.25) is 0 Å². The molecule has 0 saturated carbocycles. The minimum Gasteiger partial charge on any atom is -0.396 e. The molecule has 2 nitrogen and oxygen atoms in total. The van der Waals surface area contributed by atoms with Crippen molar-refractivity contribution in [2.24, 2.45) is 5.92 Å². The molecule has 0 bridgehead atoms. The molecule has 0 aliphatic heterocycles. The van der Waals surface area contributed by atoms with Crippen molar-refractivity contribution in [1.29, 1.82) is 0 Å². The largest absolute Gasteiger partial charge is 0.433 e. The van der Waals surface area contributed by atoms with Gasteiger partial charge in [0.15, 0.2) is 0 Å². The van der Waals surface area contributed by atoms with E-state index in [1.807, 2.05) is 6.92 Å². The number of rotatable bonds is 3. The van der Waals surface area contributed by atoms with Crippen LogP contribution in [-0.4, -0.2) is 16.7 Å². The monoisotopic (exact) mass is 219 g/mol. The molecule has 5 heteroatoms. The molecule has 1 aromatic heterocycles. The number of aliphatic hydroxyl groups is 1. The molecule has 1 heterocycles. The third-order valence-electron chi connectivity index (χ3n) is 2.01. The molecule has 0 aliphatic carbocycles. The van der Waals surface area contributed by atoms with E-state index >= 15 is 0 Å². The lowest BCUT2D eigenvalue weighted by Gasteiger charge is -2.09. The maximum atomic E-state index is 12.1. The van der Waals surface area contributed by atoms with Crippen LogP contribution < -0.4 is 0 Å². The average Bonchev–Trinajstić information content (AvgIpc) is 2.17. The normalized spacial score (nSPS) is 13.9. The SMILES string of the molecule is C[C@H](CO)Cc1ccc(C(F)(F)F)nc1. The van der Waals surface area contributed by atoms with E-state index in [4.69, 9.17) is 5.11 Å². The number of halogens is 3. The van der Waals surface area contributed by atoms with Crippen molar-refractivity contribution in [3.05, 3.63) is 29.6 Å². The third kappa shape index (κ3) is 3.51. The molecular formula is C10H12F3NO. The highest BCUT2D eigenvalue weighted by Gasteiger charge is 2.31. The predicted octanol–water partition coefficient (Wildman–Crippen LogP) is 2.27. The number of pyridine rings is 1. The molecule has 0 saturated heterocycles. The number of hydrogen-bond donors (Lipinski definition) is 1. The molecular weight excluding hydrogens is 207 g/mol. The second-order valence-electron chi connectivity index (χ2n) is 3.54. The van der Waals surface area contributed by atoms with Crippen LogP contribution in [0.15, 0.2) is 18.3 Å². The van der Waals surface area contributed by atoms with Crippen molar-refractivity contribution in [3.63, 3.8) is 0 Å². The predicted molar refractivity (Wildman–Crippen MR) is 49.2 cm³/mol. The molecule has 0 aliphatic rings. The zero-order valence-corrected chi connectivity index (χ0v) is 8.25. The Morgan fingerprint density at radius 3 is 2.47 bits per heavy atom. The Balaban J connectivity index is 2.73. The van der Waals surface area contributed by atoms with E-state index in [0.29, 0.717) is 12.0 Å². The van der Waals surface area contributed by atoms with Gasteiger partial charge in [0.1, 0.15) is 5.69 Å². The molecule has 0 amide bonds. The summed E-state index contributed by atoms with van der Waals surface area (Å²) in [6.07, 6.45) is -2.66. The van der Waals surface area contributed by atoms with Gasteiger partial charge in [-0.3, -0.25) is 4.98 Å². The Kier molecular flexibility index (Phi) is 3.68. The van der Waals surface area contributed by atoms with Crippen LogP contribution in [0.4, 0.5) is 13.2 Å². The quantitative estimate of drug-likeness (QED) is 0.845. The van der Waals surface area contributed by atoms with Crippen molar-refractivity contribution in [2.75, 3.05) is 6.61 Å². The van der Waals surface area contributed by atoms with Crippen molar-refractivity contribution in [1.82, 2.24) is 4.98 Å². The number of aromatic nitrogens is 1. The Labute approximate surface area is 85.8 Å². The van der Waals surface area contributed by atoms with E-state index in [0.717, 1.165) is 6.07 Å². The van der Waals surface area contributed by atoms with Crippen molar-refractivity contribution >= 4 is 0 Å². The summed E-state index contributed by atoms with van der Waals surface area (Å²) in [7, 11) is 0. The average molecular weight is 219 g/mol. The Hall–Kier alpha value is -1.10. The van der Waals surface area contributed by atoms with Crippen molar-refractivity contribution in [3.8, 4) is 0 Å². The fourth-order valence-electron chi connectivity index (χ4n) is 1.18. The molecule has 0 fully saturated rings. The lowest BCUT2D eigenvalue weighted by atomic mass is 10.0. The van der Waals surface area contributed by atoms with E-state index in [-0.39, 0.29) is 12.5 Å². The van der Waals surface area contributed by atoms with Gasteiger partial charge < -0.3 is 5.11 Å². The lowest BCUT2D eigenvalue weighted by molar-refractivity contribution is -0.141. The highest BCUT2D eigenvalue weighted by molar-refractivity contribution is 5.16. The first-order chi connectivity index (χ1) is 6.93. The second-order valence-corrected chi connectivity index (χ2v) is 3.54. The van der Waals surface area contributed by atoms with Crippen molar-refractivity contribution < 1.29 is 18.3 Å². The van der Waals surface area contributed by atoms with Gasteiger partial charge in [-0.05, 0) is 24.0 Å². The molecule has 1 aromatic rings. The highest BCUT2D eigenvalue weighted by atomic mass is 19.4. The van der Waals surface area contributed by atoms with Crippen LogP contribution in [0.25, 0.3) is 0 Å². The molecule has 0 unspecified atom stereocenters. The number of nitrogens with zero attached hydrogens (tertiary/aromatic N) is 1. The van der Waals surface area contributed by atoms with Crippen LogP contribution in [0, 0.1) is 5.92 Å². The molecule has 1 atom stereocenters. The highest BCUT2D eigenvalue weighted by Crippen LogP contribution is 2.27. The van der Waals surface area contributed by atoms with E-state index in [1.54, 1.807) is 0 Å². The summed E-state index contributed by atoms with van der Waals surface area (Å²) in [5.41, 5.74) is -0.188. The fourth-order valence-corrected chi connectivity index (χ4v) is 1.18. The summed E-state index contributed by atoms with van der Waals surface area (Å²) in [5.74, 6) is 0.0311. The van der Waals surface area contributed by atoms with E-state index < -0.39 is 11.9 Å². The van der Waals surface area contributed by atoms with Crippen LogP contribution in [0.3, 0.4) is 0 Å². The summed E-state index contributed by atoms with van der Waals surface area (Å²) < 4.78 is 36.4. The first-order valence-electron chi connectivity index (χ1n) is 4.56. The zero-order chi connectivity index (χ0) is 11.5. The van der Waals surface area contributed by atoms with Gasteiger partial charge in [0.05, 0.1) is 0 Å². The summed E-state index contributed by atoms with van der Waals surface area (Å²) in [6.45, 7) is 1.83. The standard InChI is InChI=1S/C10H12F3NO/c1-7(6-15)4-8-2-3-9(14-5-8)10(11,12)13/h2-3,5,7,15H,4,6H2,1H3/t7-/m0/s1. The molecule has 15 heavy (non-hydrogen) atoms. The van der Waals surface area contributed by atoms with E-state index in [2.05, 4.69) is 4.98 Å². The molecule has 84 valence electrons. The summed E-state index contributed by atoms with van der Waals surface area (Å²) in [5, 5.41) is 8.78. The van der Waals surface area contributed by atoms with Crippen LogP contribution in [-0.2, 0) is 12.6 Å². The maximum Gasteiger partial charge on any atom is 0.433 e. The molecule has 0 spiro atoms. The fraction of sp³-hybridized carbons (Fsp3) is 0.500. The molecule has 1 N–H and O–H groups in total. The second kappa shape index (κ2) is 4.61. The first kappa shape index (κ1) is 12.0. The zero-order valence-electron chi connectivity index (χ0n) is 8.25. The molecule has 0 aromatic carbocycles. The van der Waals surface area contributed by atoms with Crippen molar-refractivity contribution in [2.45, 2.75) is 19.5 Å². The third-order valence-corrected chi connectivity index (χ3v) is 2.01. The topological polar surface area (TPSA) is 33.1 Å². The van der Waals surface area contributed by atoms with Crippen LogP contribution in [0.5, 0.6) is 0 Å². The summed E-state index contributed by atoms with van der Waals surface area (Å²) in [4.78, 5) is 3.33. The minimum atomic E-state index is -4.39. The molecule has 0 radical (unpaired) electrons. The minimum absolute atomic E-state index is 0.0149. The Morgan fingerprint density at radius 2 is 2.07 bits per heavy atom. The van der Waals surface area contributed by atoms with Gasteiger partial charge in [-0.25, -0.2) is 0 Å². The summed E-state index contributed by atoms with van der Waals surface area (Å²) in [6, 6.07) is 2.35. The lowest BCUT2D eigenvalue weighted by Crippen LogP contribution is -2.09. The van der Waals surface area contributed by atoms with Crippen LogP contribution in [0.1, 0.15) is 18.2 Å².